The van der Waals surface area contributed by atoms with Gasteiger partial charge in [0.2, 0.25) is 12.6 Å². The zero-order valence-electron chi connectivity index (χ0n) is 12.9. The maximum Gasteiger partial charge on any atom is 0.231 e. The predicted octanol–water partition coefficient (Wildman–Crippen LogP) is 3.42. The number of ketones is 1. The van der Waals surface area contributed by atoms with E-state index in [9.17, 15) is 10.1 Å². The summed E-state index contributed by atoms with van der Waals surface area (Å²) in [5.41, 5.74) is 1.52. The quantitative estimate of drug-likeness (QED) is 0.671. The molecule has 4 rings (SSSR count). The van der Waals surface area contributed by atoms with Crippen LogP contribution in [0.2, 0.25) is 0 Å². The highest BCUT2D eigenvalue weighted by molar-refractivity contribution is 7.13. The van der Waals surface area contributed by atoms with E-state index in [1.807, 2.05) is 24.3 Å². The lowest BCUT2D eigenvalue weighted by molar-refractivity contribution is 0.0973. The molecule has 0 bridgehead atoms. The fourth-order valence-corrected chi connectivity index (χ4v) is 3.31. The van der Waals surface area contributed by atoms with Crippen molar-refractivity contribution >= 4 is 17.1 Å². The number of nitrogens with zero attached hydrogens (tertiary/aromatic N) is 3. The van der Waals surface area contributed by atoms with Gasteiger partial charge in [0, 0.05) is 17.1 Å². The van der Waals surface area contributed by atoms with Crippen molar-refractivity contribution < 1.29 is 14.3 Å². The number of thiazole rings is 1. The minimum Gasteiger partial charge on any atom is -0.454 e. The van der Waals surface area contributed by atoms with E-state index >= 15 is 0 Å². The van der Waals surface area contributed by atoms with Crippen LogP contribution in [0.15, 0.2) is 48.0 Å². The first-order chi connectivity index (χ1) is 12.3. The summed E-state index contributed by atoms with van der Waals surface area (Å²) in [4.78, 5) is 21.1. The maximum absolute atomic E-state index is 12.6. The second kappa shape index (κ2) is 6.34. The smallest absolute Gasteiger partial charge is 0.231 e. The van der Waals surface area contributed by atoms with Crippen LogP contribution in [0, 0.1) is 11.3 Å². The molecule has 0 N–H and O–H groups in total. The van der Waals surface area contributed by atoms with E-state index in [1.54, 1.807) is 29.8 Å². The zero-order valence-corrected chi connectivity index (χ0v) is 13.7. The standard InChI is InChI=1S/C18H11N3O3S/c19-8-12(13-3-1-2-6-20-13)17(22)14-9-25-18(21-14)11-4-5-15-16(7-11)24-10-23-15/h1-7,9,12H,10H2/t12-/m0/s1. The number of fused-ring (bicyclic) bond motifs is 1. The molecular formula is C18H11N3O3S. The molecule has 0 amide bonds. The van der Waals surface area contributed by atoms with Gasteiger partial charge in [-0.05, 0) is 30.3 Å². The minimum atomic E-state index is -0.965. The lowest BCUT2D eigenvalue weighted by Gasteiger charge is -2.05. The molecule has 1 aromatic carbocycles. The number of aromatic nitrogens is 2. The van der Waals surface area contributed by atoms with Crippen molar-refractivity contribution in [2.75, 3.05) is 6.79 Å². The molecule has 3 heterocycles. The van der Waals surface area contributed by atoms with Gasteiger partial charge in [-0.15, -0.1) is 11.3 Å². The third-order valence-corrected chi connectivity index (χ3v) is 4.64. The summed E-state index contributed by atoms with van der Waals surface area (Å²) in [7, 11) is 0. The summed E-state index contributed by atoms with van der Waals surface area (Å²) in [5, 5.41) is 11.7. The first-order valence-corrected chi connectivity index (χ1v) is 8.34. The number of hydrogen-bond donors (Lipinski definition) is 0. The van der Waals surface area contributed by atoms with Gasteiger partial charge >= 0.3 is 0 Å². The first-order valence-electron chi connectivity index (χ1n) is 7.46. The Kier molecular flexibility index (Phi) is 3.88. The van der Waals surface area contributed by atoms with Crippen LogP contribution < -0.4 is 9.47 Å². The Morgan fingerprint density at radius 3 is 2.92 bits per heavy atom. The molecule has 0 saturated heterocycles. The average molecular weight is 349 g/mol. The van der Waals surface area contributed by atoms with Crippen molar-refractivity contribution in [3.05, 3.63) is 59.4 Å². The molecular weight excluding hydrogens is 338 g/mol. The Bertz CT molecular complexity index is 979. The van der Waals surface area contributed by atoms with Gasteiger partial charge in [0.1, 0.15) is 10.7 Å². The van der Waals surface area contributed by atoms with Gasteiger partial charge < -0.3 is 9.47 Å². The molecule has 3 aromatic rings. The molecule has 2 aromatic heterocycles. The summed E-state index contributed by atoms with van der Waals surface area (Å²) in [6, 6.07) is 12.7. The van der Waals surface area contributed by atoms with E-state index in [0.717, 1.165) is 5.56 Å². The number of carbonyl (C=O) groups is 1. The van der Waals surface area contributed by atoms with E-state index in [4.69, 9.17) is 9.47 Å². The fraction of sp³-hybridized carbons (Fsp3) is 0.111. The molecule has 0 aliphatic carbocycles. The van der Waals surface area contributed by atoms with Crippen LogP contribution >= 0.6 is 11.3 Å². The summed E-state index contributed by atoms with van der Waals surface area (Å²) < 4.78 is 10.7. The van der Waals surface area contributed by atoms with Crippen LogP contribution in [0.25, 0.3) is 10.6 Å². The van der Waals surface area contributed by atoms with Crippen molar-refractivity contribution in [1.82, 2.24) is 9.97 Å². The summed E-state index contributed by atoms with van der Waals surface area (Å²) in [6.07, 6.45) is 1.56. The van der Waals surface area contributed by atoms with Crippen molar-refractivity contribution in [3.63, 3.8) is 0 Å². The molecule has 7 heteroatoms. The van der Waals surface area contributed by atoms with Crippen molar-refractivity contribution in [1.29, 1.82) is 5.26 Å². The molecule has 25 heavy (non-hydrogen) atoms. The predicted molar refractivity (Wildman–Crippen MR) is 90.6 cm³/mol. The lowest BCUT2D eigenvalue weighted by Crippen LogP contribution is -2.12. The monoisotopic (exact) mass is 349 g/mol. The summed E-state index contributed by atoms with van der Waals surface area (Å²) >= 11 is 1.34. The van der Waals surface area contributed by atoms with Crippen LogP contribution in [0.1, 0.15) is 22.1 Å². The molecule has 1 aliphatic rings. The maximum atomic E-state index is 12.6. The van der Waals surface area contributed by atoms with E-state index in [0.29, 0.717) is 22.2 Å². The van der Waals surface area contributed by atoms with Crippen LogP contribution in [0.3, 0.4) is 0 Å². The van der Waals surface area contributed by atoms with Crippen molar-refractivity contribution in [2.45, 2.75) is 5.92 Å². The lowest BCUT2D eigenvalue weighted by atomic mass is 9.99. The molecule has 0 radical (unpaired) electrons. The third-order valence-electron chi connectivity index (χ3n) is 3.75. The number of ether oxygens (including phenoxy) is 2. The molecule has 0 unspecified atom stereocenters. The number of Topliss-reactive ketones (excluding diaryl/α,β-unsaturated/α-hetero) is 1. The summed E-state index contributed by atoms with van der Waals surface area (Å²) in [6.45, 7) is 0.203. The highest BCUT2D eigenvalue weighted by atomic mass is 32.1. The highest BCUT2D eigenvalue weighted by Crippen LogP contribution is 2.37. The van der Waals surface area contributed by atoms with Crippen LogP contribution in [-0.2, 0) is 0 Å². The number of pyridine rings is 1. The van der Waals surface area contributed by atoms with Crippen LogP contribution in [-0.4, -0.2) is 22.5 Å². The molecule has 122 valence electrons. The number of benzene rings is 1. The number of rotatable bonds is 4. The second-order valence-electron chi connectivity index (χ2n) is 5.29. The van der Waals surface area contributed by atoms with Gasteiger partial charge in [-0.1, -0.05) is 6.07 Å². The van der Waals surface area contributed by atoms with Crippen LogP contribution in [0.4, 0.5) is 0 Å². The van der Waals surface area contributed by atoms with Gasteiger partial charge in [-0.3, -0.25) is 9.78 Å². The Morgan fingerprint density at radius 2 is 2.12 bits per heavy atom. The molecule has 0 saturated carbocycles. The van der Waals surface area contributed by atoms with E-state index in [-0.39, 0.29) is 18.3 Å². The molecule has 1 atom stereocenters. The topological polar surface area (TPSA) is 85.1 Å². The third kappa shape index (κ3) is 2.84. The van der Waals surface area contributed by atoms with Gasteiger partial charge in [0.25, 0.3) is 0 Å². The second-order valence-corrected chi connectivity index (χ2v) is 6.15. The Balaban J connectivity index is 1.63. The van der Waals surface area contributed by atoms with Gasteiger partial charge in [0.05, 0.1) is 11.8 Å². The molecule has 6 nitrogen and oxygen atoms in total. The van der Waals surface area contributed by atoms with E-state index < -0.39 is 5.92 Å². The largest absolute Gasteiger partial charge is 0.454 e. The minimum absolute atomic E-state index is 0.203. The zero-order chi connectivity index (χ0) is 17.2. The van der Waals surface area contributed by atoms with E-state index in [2.05, 4.69) is 9.97 Å². The van der Waals surface area contributed by atoms with Gasteiger partial charge in [-0.25, -0.2) is 4.98 Å². The normalized spacial score (nSPS) is 13.2. The van der Waals surface area contributed by atoms with Gasteiger partial charge in [0.15, 0.2) is 17.4 Å². The Labute approximate surface area is 147 Å². The van der Waals surface area contributed by atoms with E-state index in [1.165, 1.54) is 11.3 Å². The average Bonchev–Trinajstić information content (AvgIpc) is 3.32. The molecule has 0 spiro atoms. The Hall–Kier alpha value is -3.24. The number of carbonyl (C=O) groups excluding carboxylic acids is 1. The Morgan fingerprint density at radius 1 is 1.24 bits per heavy atom. The SMILES string of the molecule is N#C[C@H](C(=O)c1csc(-c2ccc3c(c2)OCO3)n1)c1ccccn1. The van der Waals surface area contributed by atoms with Gasteiger partial charge in [-0.2, -0.15) is 5.26 Å². The molecule has 0 fully saturated rings. The van der Waals surface area contributed by atoms with Crippen molar-refractivity contribution in [3.8, 4) is 28.1 Å². The highest BCUT2D eigenvalue weighted by Gasteiger charge is 2.25. The van der Waals surface area contributed by atoms with Crippen LogP contribution in [0.5, 0.6) is 11.5 Å². The fourth-order valence-electron chi connectivity index (χ4n) is 2.50. The molecule has 1 aliphatic heterocycles. The number of nitriles is 1. The first kappa shape index (κ1) is 15.3. The van der Waals surface area contributed by atoms with Crippen molar-refractivity contribution in [2.24, 2.45) is 0 Å². The summed E-state index contributed by atoms with van der Waals surface area (Å²) in [5.74, 6) is 0.0256. The number of hydrogen-bond acceptors (Lipinski definition) is 7.